The monoisotopic (exact) mass is 454 g/mol. The first-order chi connectivity index (χ1) is 15.5. The van der Waals surface area contributed by atoms with Crippen LogP contribution in [0, 0.1) is 0 Å². The number of ether oxygens (including phenoxy) is 3. The number of carbonyl (C=O) groups is 3. The maximum absolute atomic E-state index is 12.1. The second-order valence-electron chi connectivity index (χ2n) is 7.75. The Morgan fingerprint density at radius 1 is 0.750 bits per heavy atom. The average Bonchev–Trinajstić information content (AvgIpc) is 2.76. The standard InChI is InChI=1S/C24H42N2O6/c1-2-3-4-5-7-10-13-16-22(27)30-19-21(20-31-24(26)29)32-23(28)17-14-11-8-6-9-12-15-18-25/h2,15,18,21H,1,3-14,16-17,19-20,25H2,(H2,26,29)/b18-15+. The number of hydrogen-bond acceptors (Lipinski definition) is 7. The van der Waals surface area contributed by atoms with Crippen molar-refractivity contribution in [3.05, 3.63) is 24.9 Å². The van der Waals surface area contributed by atoms with Crippen molar-refractivity contribution in [1.82, 2.24) is 0 Å². The van der Waals surface area contributed by atoms with Crippen molar-refractivity contribution in [2.24, 2.45) is 11.5 Å². The highest BCUT2D eigenvalue weighted by Crippen LogP contribution is 2.10. The summed E-state index contributed by atoms with van der Waals surface area (Å²) in [6.07, 6.45) is 15.9. The molecule has 0 aromatic heterocycles. The predicted molar refractivity (Wildman–Crippen MR) is 125 cm³/mol. The predicted octanol–water partition coefficient (Wildman–Crippen LogP) is 4.66. The lowest BCUT2D eigenvalue weighted by atomic mass is 10.1. The lowest BCUT2D eigenvalue weighted by Crippen LogP contribution is -2.31. The van der Waals surface area contributed by atoms with E-state index in [1.165, 1.54) is 0 Å². The number of hydrogen-bond donors (Lipinski definition) is 2. The zero-order valence-corrected chi connectivity index (χ0v) is 19.4. The quantitative estimate of drug-likeness (QED) is 0.112. The van der Waals surface area contributed by atoms with Crippen LogP contribution in [0.15, 0.2) is 24.9 Å². The summed E-state index contributed by atoms with van der Waals surface area (Å²) in [5, 5.41) is 0. The number of primary amides is 1. The van der Waals surface area contributed by atoms with Crippen LogP contribution >= 0.6 is 0 Å². The largest absolute Gasteiger partial charge is 0.462 e. The average molecular weight is 455 g/mol. The van der Waals surface area contributed by atoms with Gasteiger partial charge in [-0.05, 0) is 44.7 Å². The minimum absolute atomic E-state index is 0.161. The van der Waals surface area contributed by atoms with Gasteiger partial charge in [-0.25, -0.2) is 4.79 Å². The first-order valence-electron chi connectivity index (χ1n) is 11.7. The smallest absolute Gasteiger partial charge is 0.404 e. The van der Waals surface area contributed by atoms with Crippen molar-refractivity contribution in [1.29, 1.82) is 0 Å². The summed E-state index contributed by atoms with van der Waals surface area (Å²) >= 11 is 0. The van der Waals surface area contributed by atoms with Crippen LogP contribution in [-0.4, -0.2) is 37.3 Å². The van der Waals surface area contributed by atoms with Crippen LogP contribution in [0.2, 0.25) is 0 Å². The number of unbranched alkanes of at least 4 members (excludes halogenated alkanes) is 10. The molecule has 0 radical (unpaired) electrons. The van der Waals surface area contributed by atoms with Gasteiger partial charge in [-0.3, -0.25) is 9.59 Å². The highest BCUT2D eigenvalue weighted by Gasteiger charge is 2.18. The molecule has 184 valence electrons. The molecule has 0 aliphatic rings. The SMILES string of the molecule is C=CCCCCCCCC(=O)OCC(COC(N)=O)OC(=O)CCCCCCC/C=C/N. The number of amides is 1. The van der Waals surface area contributed by atoms with Gasteiger partial charge in [0.25, 0.3) is 0 Å². The second-order valence-corrected chi connectivity index (χ2v) is 7.75. The van der Waals surface area contributed by atoms with Crippen LogP contribution in [-0.2, 0) is 23.8 Å². The molecule has 1 unspecified atom stereocenters. The van der Waals surface area contributed by atoms with E-state index in [0.29, 0.717) is 12.8 Å². The van der Waals surface area contributed by atoms with Crippen LogP contribution in [0.25, 0.3) is 0 Å². The molecule has 0 saturated carbocycles. The number of rotatable bonds is 21. The van der Waals surface area contributed by atoms with Crippen molar-refractivity contribution in [2.75, 3.05) is 13.2 Å². The van der Waals surface area contributed by atoms with E-state index < -0.39 is 18.2 Å². The minimum atomic E-state index is -0.974. The Kier molecular flexibility index (Phi) is 20.0. The number of nitrogens with two attached hydrogens (primary N) is 2. The zero-order chi connectivity index (χ0) is 23.9. The molecule has 0 aliphatic carbocycles. The summed E-state index contributed by atoms with van der Waals surface area (Å²) in [4.78, 5) is 34.9. The van der Waals surface area contributed by atoms with Crippen LogP contribution in [0.4, 0.5) is 4.79 Å². The highest BCUT2D eigenvalue weighted by molar-refractivity contribution is 5.70. The molecule has 8 nitrogen and oxygen atoms in total. The molecule has 0 bridgehead atoms. The minimum Gasteiger partial charge on any atom is -0.462 e. The van der Waals surface area contributed by atoms with E-state index >= 15 is 0 Å². The molecule has 0 aromatic carbocycles. The maximum Gasteiger partial charge on any atom is 0.404 e. The van der Waals surface area contributed by atoms with Gasteiger partial charge in [0.15, 0.2) is 6.10 Å². The summed E-state index contributed by atoms with van der Waals surface area (Å²) in [5.41, 5.74) is 10.3. The Morgan fingerprint density at radius 2 is 1.28 bits per heavy atom. The molecule has 0 saturated heterocycles. The number of carbonyl (C=O) groups excluding carboxylic acids is 3. The summed E-state index contributed by atoms with van der Waals surface area (Å²) in [7, 11) is 0. The third-order valence-electron chi connectivity index (χ3n) is 4.82. The highest BCUT2D eigenvalue weighted by atomic mass is 16.6. The van der Waals surface area contributed by atoms with E-state index in [1.54, 1.807) is 6.20 Å². The van der Waals surface area contributed by atoms with Gasteiger partial charge >= 0.3 is 18.0 Å². The molecule has 0 fully saturated rings. The van der Waals surface area contributed by atoms with Gasteiger partial charge in [-0.15, -0.1) is 6.58 Å². The van der Waals surface area contributed by atoms with Crippen LogP contribution in [0.5, 0.6) is 0 Å². The van der Waals surface area contributed by atoms with E-state index in [1.807, 2.05) is 12.2 Å². The molecule has 0 rings (SSSR count). The fraction of sp³-hybridized carbons (Fsp3) is 0.708. The molecule has 0 aromatic rings. The summed E-state index contributed by atoms with van der Waals surface area (Å²) in [6, 6.07) is 0. The Bertz CT molecular complexity index is 551. The van der Waals surface area contributed by atoms with Gasteiger partial charge in [0.05, 0.1) is 0 Å². The Balaban J connectivity index is 4.06. The first-order valence-corrected chi connectivity index (χ1v) is 11.7. The molecule has 32 heavy (non-hydrogen) atoms. The van der Waals surface area contributed by atoms with Crippen LogP contribution in [0.1, 0.15) is 89.9 Å². The normalized spacial score (nSPS) is 11.8. The van der Waals surface area contributed by atoms with Crippen molar-refractivity contribution >= 4 is 18.0 Å². The Labute approximate surface area is 192 Å². The van der Waals surface area contributed by atoms with Gasteiger partial charge in [0.1, 0.15) is 13.2 Å². The lowest BCUT2D eigenvalue weighted by Gasteiger charge is -2.17. The molecule has 1 amide bonds. The Hall–Kier alpha value is -2.51. The van der Waals surface area contributed by atoms with Crippen molar-refractivity contribution in [3.8, 4) is 0 Å². The summed E-state index contributed by atoms with van der Waals surface area (Å²) in [6.45, 7) is 3.29. The Morgan fingerprint density at radius 3 is 1.88 bits per heavy atom. The van der Waals surface area contributed by atoms with Gasteiger partial charge in [0, 0.05) is 12.8 Å². The van der Waals surface area contributed by atoms with Crippen molar-refractivity contribution in [2.45, 2.75) is 96.0 Å². The molecule has 0 heterocycles. The van der Waals surface area contributed by atoms with E-state index in [0.717, 1.165) is 70.6 Å². The third kappa shape index (κ3) is 20.8. The van der Waals surface area contributed by atoms with Crippen LogP contribution in [0.3, 0.4) is 0 Å². The second kappa shape index (κ2) is 21.7. The molecule has 8 heteroatoms. The van der Waals surface area contributed by atoms with Gasteiger partial charge in [-0.2, -0.15) is 0 Å². The lowest BCUT2D eigenvalue weighted by molar-refractivity contribution is -0.161. The first kappa shape index (κ1) is 29.5. The summed E-state index contributed by atoms with van der Waals surface area (Å²) < 4.78 is 15.2. The maximum atomic E-state index is 12.1. The van der Waals surface area contributed by atoms with Gasteiger partial charge in [-0.1, -0.05) is 50.7 Å². The third-order valence-corrected chi connectivity index (χ3v) is 4.82. The van der Waals surface area contributed by atoms with Gasteiger partial charge in [0.2, 0.25) is 0 Å². The van der Waals surface area contributed by atoms with E-state index in [2.05, 4.69) is 6.58 Å². The van der Waals surface area contributed by atoms with E-state index in [9.17, 15) is 14.4 Å². The number of esters is 2. The molecule has 4 N–H and O–H groups in total. The van der Waals surface area contributed by atoms with Crippen LogP contribution < -0.4 is 11.5 Å². The topological polar surface area (TPSA) is 131 Å². The van der Waals surface area contributed by atoms with E-state index in [4.69, 9.17) is 25.7 Å². The molecule has 0 aliphatic heterocycles. The van der Waals surface area contributed by atoms with Crippen molar-refractivity contribution in [3.63, 3.8) is 0 Å². The zero-order valence-electron chi connectivity index (χ0n) is 19.4. The molecule has 1 atom stereocenters. The number of allylic oxidation sites excluding steroid dienone is 2. The molecular weight excluding hydrogens is 412 g/mol. The van der Waals surface area contributed by atoms with Gasteiger partial charge < -0.3 is 25.7 Å². The van der Waals surface area contributed by atoms with Crippen molar-refractivity contribution < 1.29 is 28.6 Å². The fourth-order valence-electron chi connectivity index (χ4n) is 3.04. The van der Waals surface area contributed by atoms with E-state index in [-0.39, 0.29) is 25.6 Å². The molecular formula is C24H42N2O6. The summed E-state index contributed by atoms with van der Waals surface area (Å²) in [5.74, 6) is -0.773. The molecule has 0 spiro atoms. The fourth-order valence-corrected chi connectivity index (χ4v) is 3.04.